The first-order valence-corrected chi connectivity index (χ1v) is 5.56. The Labute approximate surface area is 104 Å². The van der Waals surface area contributed by atoms with E-state index in [9.17, 15) is 18.4 Å². The number of carbonyl (C=O) groups excluding carboxylic acids is 2. The molecule has 0 bridgehead atoms. The molecule has 0 radical (unpaired) electrons. The summed E-state index contributed by atoms with van der Waals surface area (Å²) in [7, 11) is 0. The zero-order valence-corrected chi connectivity index (χ0v) is 10.4. The molecule has 2 unspecified atom stereocenters. The van der Waals surface area contributed by atoms with Crippen LogP contribution in [0.25, 0.3) is 0 Å². The van der Waals surface area contributed by atoms with Gasteiger partial charge in [-0.2, -0.15) is 0 Å². The van der Waals surface area contributed by atoms with Crippen molar-refractivity contribution in [2.24, 2.45) is 11.7 Å². The summed E-state index contributed by atoms with van der Waals surface area (Å²) >= 11 is 0. The van der Waals surface area contributed by atoms with Gasteiger partial charge in [-0.15, -0.1) is 0 Å². The number of hydrogen-bond donors (Lipinski definition) is 4. The SMILES string of the molecule is CCC(C)C(NC(N)=O)C(=O)NCC(F)(F)CO. The van der Waals surface area contributed by atoms with E-state index in [2.05, 4.69) is 5.32 Å². The molecule has 5 N–H and O–H groups in total. The highest BCUT2D eigenvalue weighted by molar-refractivity contribution is 5.86. The molecule has 8 heteroatoms. The van der Waals surface area contributed by atoms with Gasteiger partial charge in [0.15, 0.2) is 0 Å². The van der Waals surface area contributed by atoms with Crippen LogP contribution in [0.1, 0.15) is 20.3 Å². The number of nitrogens with two attached hydrogens (primary N) is 1. The molecular formula is C10H19F2N3O3. The van der Waals surface area contributed by atoms with Crippen LogP contribution in [-0.4, -0.2) is 42.2 Å². The largest absolute Gasteiger partial charge is 0.390 e. The summed E-state index contributed by atoms with van der Waals surface area (Å²) in [4.78, 5) is 22.4. The van der Waals surface area contributed by atoms with Crippen molar-refractivity contribution in [3.05, 3.63) is 0 Å². The second-order valence-electron chi connectivity index (χ2n) is 4.10. The molecule has 0 aliphatic carbocycles. The van der Waals surface area contributed by atoms with E-state index in [1.165, 1.54) is 0 Å². The Balaban J connectivity index is 4.52. The maximum absolute atomic E-state index is 12.7. The quantitative estimate of drug-likeness (QED) is 0.514. The van der Waals surface area contributed by atoms with Gasteiger partial charge in [-0.25, -0.2) is 13.6 Å². The van der Waals surface area contributed by atoms with Crippen molar-refractivity contribution in [1.29, 1.82) is 0 Å². The number of alkyl halides is 2. The maximum Gasteiger partial charge on any atom is 0.312 e. The summed E-state index contributed by atoms with van der Waals surface area (Å²) in [5.74, 6) is -4.39. The summed E-state index contributed by atoms with van der Waals surface area (Å²) in [6, 6.07) is -1.87. The molecule has 0 saturated heterocycles. The summed E-state index contributed by atoms with van der Waals surface area (Å²) in [6.45, 7) is 1.13. The number of hydrogen-bond acceptors (Lipinski definition) is 3. The van der Waals surface area contributed by atoms with E-state index in [0.29, 0.717) is 6.42 Å². The van der Waals surface area contributed by atoms with Crippen LogP contribution in [0.5, 0.6) is 0 Å². The third-order valence-electron chi connectivity index (χ3n) is 2.55. The lowest BCUT2D eigenvalue weighted by Crippen LogP contribution is -2.53. The van der Waals surface area contributed by atoms with Crippen molar-refractivity contribution in [3.63, 3.8) is 0 Å². The van der Waals surface area contributed by atoms with Gasteiger partial charge in [-0.05, 0) is 5.92 Å². The van der Waals surface area contributed by atoms with E-state index in [-0.39, 0.29) is 5.92 Å². The number of rotatable bonds is 7. The molecule has 0 fully saturated rings. The number of halogens is 2. The molecule has 0 spiro atoms. The summed E-state index contributed by atoms with van der Waals surface area (Å²) in [6.07, 6.45) is 0.564. The number of aliphatic hydroxyl groups is 1. The first-order valence-electron chi connectivity index (χ1n) is 5.56. The number of urea groups is 1. The van der Waals surface area contributed by atoms with Crippen LogP contribution in [0.15, 0.2) is 0 Å². The average Bonchev–Trinajstić information content (AvgIpc) is 2.32. The van der Waals surface area contributed by atoms with E-state index in [1.807, 2.05) is 5.32 Å². The molecule has 0 aromatic carbocycles. The van der Waals surface area contributed by atoms with Gasteiger partial charge >= 0.3 is 6.03 Å². The van der Waals surface area contributed by atoms with Crippen LogP contribution in [-0.2, 0) is 4.79 Å². The summed E-state index contributed by atoms with van der Waals surface area (Å²) in [5.41, 5.74) is 4.91. The minimum Gasteiger partial charge on any atom is -0.390 e. The number of aliphatic hydroxyl groups excluding tert-OH is 1. The van der Waals surface area contributed by atoms with Crippen molar-refractivity contribution >= 4 is 11.9 Å². The summed E-state index contributed by atoms with van der Waals surface area (Å²) in [5, 5.41) is 12.5. The molecule has 0 aliphatic heterocycles. The van der Waals surface area contributed by atoms with Crippen molar-refractivity contribution in [3.8, 4) is 0 Å². The van der Waals surface area contributed by atoms with Gasteiger partial charge in [-0.1, -0.05) is 20.3 Å². The number of primary amides is 1. The van der Waals surface area contributed by atoms with Crippen LogP contribution in [0.4, 0.5) is 13.6 Å². The van der Waals surface area contributed by atoms with Gasteiger partial charge in [0, 0.05) is 0 Å². The first kappa shape index (κ1) is 16.6. The van der Waals surface area contributed by atoms with Gasteiger partial charge in [-0.3, -0.25) is 4.79 Å². The Kier molecular flexibility index (Phi) is 6.53. The third kappa shape index (κ3) is 5.76. The predicted octanol–water partition coefficient (Wildman–Crippen LogP) is -0.187. The lowest BCUT2D eigenvalue weighted by Gasteiger charge is -2.23. The molecule has 106 valence electrons. The van der Waals surface area contributed by atoms with Crippen LogP contribution in [0.3, 0.4) is 0 Å². The molecule has 0 aromatic heterocycles. The fourth-order valence-corrected chi connectivity index (χ4v) is 1.24. The highest BCUT2D eigenvalue weighted by Crippen LogP contribution is 2.11. The van der Waals surface area contributed by atoms with Gasteiger partial charge < -0.3 is 21.5 Å². The fourth-order valence-electron chi connectivity index (χ4n) is 1.24. The Morgan fingerprint density at radius 3 is 2.39 bits per heavy atom. The van der Waals surface area contributed by atoms with Crippen molar-refractivity contribution < 1.29 is 23.5 Å². The van der Waals surface area contributed by atoms with Crippen LogP contribution in [0, 0.1) is 5.92 Å². The number of carbonyl (C=O) groups is 2. The lowest BCUT2D eigenvalue weighted by atomic mass is 9.98. The molecule has 3 amide bonds. The normalized spacial score (nSPS) is 14.7. The van der Waals surface area contributed by atoms with Gasteiger partial charge in [0.1, 0.15) is 12.6 Å². The van der Waals surface area contributed by atoms with Crippen molar-refractivity contribution in [1.82, 2.24) is 10.6 Å². The Morgan fingerprint density at radius 1 is 1.44 bits per heavy atom. The highest BCUT2D eigenvalue weighted by Gasteiger charge is 2.31. The van der Waals surface area contributed by atoms with Crippen LogP contribution < -0.4 is 16.4 Å². The third-order valence-corrected chi connectivity index (χ3v) is 2.55. The van der Waals surface area contributed by atoms with E-state index in [0.717, 1.165) is 0 Å². The molecule has 0 rings (SSSR count). The Morgan fingerprint density at radius 2 is 2.00 bits per heavy atom. The maximum atomic E-state index is 12.7. The Bertz CT molecular complexity index is 300. The zero-order chi connectivity index (χ0) is 14.3. The van der Waals surface area contributed by atoms with Gasteiger partial charge in [0.05, 0.1) is 6.54 Å². The monoisotopic (exact) mass is 267 g/mol. The molecule has 6 nitrogen and oxygen atoms in total. The van der Waals surface area contributed by atoms with E-state index >= 15 is 0 Å². The van der Waals surface area contributed by atoms with E-state index in [1.54, 1.807) is 13.8 Å². The molecule has 0 aliphatic rings. The molecule has 2 atom stereocenters. The highest BCUT2D eigenvalue weighted by atomic mass is 19.3. The zero-order valence-electron chi connectivity index (χ0n) is 10.4. The van der Waals surface area contributed by atoms with Crippen molar-refractivity contribution in [2.75, 3.05) is 13.2 Å². The Hall–Kier alpha value is -1.44. The molecule has 0 saturated carbocycles. The predicted molar refractivity (Wildman–Crippen MR) is 61.0 cm³/mol. The van der Waals surface area contributed by atoms with Crippen LogP contribution >= 0.6 is 0 Å². The van der Waals surface area contributed by atoms with E-state index < -0.39 is 37.1 Å². The number of nitrogens with one attached hydrogen (secondary N) is 2. The minimum atomic E-state index is -3.39. The van der Waals surface area contributed by atoms with Crippen LogP contribution in [0.2, 0.25) is 0 Å². The summed E-state index contributed by atoms with van der Waals surface area (Å²) < 4.78 is 25.5. The topological polar surface area (TPSA) is 104 Å². The molecular weight excluding hydrogens is 248 g/mol. The fraction of sp³-hybridized carbons (Fsp3) is 0.800. The standard InChI is InChI=1S/C10H19F2N3O3/c1-3-6(2)7(15-9(13)18)8(17)14-4-10(11,12)5-16/h6-7,16H,3-5H2,1-2H3,(H,14,17)(H3,13,15,18). The van der Waals surface area contributed by atoms with E-state index in [4.69, 9.17) is 10.8 Å². The smallest absolute Gasteiger partial charge is 0.312 e. The van der Waals surface area contributed by atoms with Crippen molar-refractivity contribution in [2.45, 2.75) is 32.2 Å². The first-order chi connectivity index (χ1) is 8.23. The molecule has 18 heavy (non-hydrogen) atoms. The molecule has 0 aromatic rings. The second kappa shape index (κ2) is 7.10. The van der Waals surface area contributed by atoms with Gasteiger partial charge in [0.25, 0.3) is 5.92 Å². The second-order valence-corrected chi connectivity index (χ2v) is 4.10. The number of amides is 3. The molecule has 0 heterocycles. The average molecular weight is 267 g/mol. The van der Waals surface area contributed by atoms with Gasteiger partial charge in [0.2, 0.25) is 5.91 Å². The minimum absolute atomic E-state index is 0.250. The lowest BCUT2D eigenvalue weighted by molar-refractivity contribution is -0.126.